The predicted molar refractivity (Wildman–Crippen MR) is 76.1 cm³/mol. The molecule has 4 saturated carbocycles. The lowest BCUT2D eigenvalue weighted by molar-refractivity contribution is -0.0825. The summed E-state index contributed by atoms with van der Waals surface area (Å²) in [4.78, 5) is 4.93. The summed E-state index contributed by atoms with van der Waals surface area (Å²) in [6, 6.07) is 10.5. The zero-order chi connectivity index (χ0) is 12.9. The smallest absolute Gasteiger partial charge is 0.0663 e. The fourth-order valence-electron chi connectivity index (χ4n) is 4.75. The Hall–Kier alpha value is -1.15. The van der Waals surface area contributed by atoms with Crippen LogP contribution in [0.2, 0.25) is 0 Å². The van der Waals surface area contributed by atoms with E-state index in [2.05, 4.69) is 30.3 Å². The Kier molecular flexibility index (Phi) is 2.56. The van der Waals surface area contributed by atoms with E-state index in [0.717, 1.165) is 31.7 Å². The molecule has 0 aliphatic heterocycles. The molecule has 0 heterocycles. The molecule has 3 unspecified atom stereocenters. The number of aliphatic hydroxyl groups is 1. The third kappa shape index (κ3) is 2.02. The van der Waals surface area contributed by atoms with Gasteiger partial charge in [-0.25, -0.2) is 0 Å². The van der Waals surface area contributed by atoms with Crippen LogP contribution in [0.1, 0.15) is 37.7 Å². The van der Waals surface area contributed by atoms with Crippen LogP contribution in [0, 0.1) is 17.8 Å². The molecule has 19 heavy (non-hydrogen) atoms. The van der Waals surface area contributed by atoms with Crippen molar-refractivity contribution in [3.05, 3.63) is 35.9 Å². The van der Waals surface area contributed by atoms with Gasteiger partial charge < -0.3 is 5.11 Å². The third-order valence-corrected chi connectivity index (χ3v) is 5.28. The average Bonchev–Trinajstić information content (AvgIpc) is 2.37. The molecular formula is C17H21NO. The molecule has 1 N–H and O–H groups in total. The van der Waals surface area contributed by atoms with Crippen molar-refractivity contribution in [3.63, 3.8) is 0 Å². The van der Waals surface area contributed by atoms with Crippen LogP contribution in [-0.2, 0) is 6.54 Å². The highest BCUT2D eigenvalue weighted by Crippen LogP contribution is 2.54. The van der Waals surface area contributed by atoms with Gasteiger partial charge in [0.2, 0.25) is 0 Å². The summed E-state index contributed by atoms with van der Waals surface area (Å²) in [6.07, 6.45) is 5.52. The summed E-state index contributed by atoms with van der Waals surface area (Å²) in [5, 5.41) is 10.6. The van der Waals surface area contributed by atoms with E-state index in [1.54, 1.807) is 0 Å². The van der Waals surface area contributed by atoms with Gasteiger partial charge in [-0.15, -0.1) is 0 Å². The Morgan fingerprint density at radius 3 is 2.37 bits per heavy atom. The zero-order valence-corrected chi connectivity index (χ0v) is 11.3. The Morgan fingerprint density at radius 2 is 1.74 bits per heavy atom. The number of rotatable bonds is 2. The summed E-state index contributed by atoms with van der Waals surface area (Å²) in [6.45, 7) is 0.812. The minimum absolute atomic E-state index is 0.345. The molecule has 0 saturated heterocycles. The van der Waals surface area contributed by atoms with Crippen molar-refractivity contribution in [2.75, 3.05) is 0 Å². The summed E-state index contributed by atoms with van der Waals surface area (Å²) >= 11 is 0. The Morgan fingerprint density at radius 1 is 1.05 bits per heavy atom. The summed E-state index contributed by atoms with van der Waals surface area (Å²) in [7, 11) is 0. The van der Waals surface area contributed by atoms with Crippen molar-refractivity contribution in [2.24, 2.45) is 22.7 Å². The van der Waals surface area contributed by atoms with Crippen LogP contribution in [0.5, 0.6) is 0 Å². The molecule has 100 valence electrons. The van der Waals surface area contributed by atoms with Crippen molar-refractivity contribution >= 4 is 5.71 Å². The highest BCUT2D eigenvalue weighted by Gasteiger charge is 2.53. The molecule has 4 aliphatic rings. The van der Waals surface area contributed by atoms with Gasteiger partial charge >= 0.3 is 0 Å². The molecule has 2 nitrogen and oxygen atoms in total. The minimum atomic E-state index is -0.345. The number of hydrogen-bond donors (Lipinski definition) is 1. The standard InChI is InChI=1S/C17H21NO/c19-17-8-13-6-14(9-17)16(15(7-13)10-17)18-11-12-4-2-1-3-5-12/h1-5,13-15,19H,6-11H2/t13?,14-,15?,17?/m0/s1. The minimum Gasteiger partial charge on any atom is -0.390 e. The van der Waals surface area contributed by atoms with Crippen LogP contribution in [-0.4, -0.2) is 16.4 Å². The van der Waals surface area contributed by atoms with Gasteiger partial charge in [0.05, 0.1) is 12.1 Å². The largest absolute Gasteiger partial charge is 0.390 e. The maximum absolute atomic E-state index is 10.6. The summed E-state index contributed by atoms with van der Waals surface area (Å²) < 4.78 is 0. The van der Waals surface area contributed by atoms with Gasteiger partial charge in [-0.05, 0) is 43.6 Å². The van der Waals surface area contributed by atoms with E-state index in [4.69, 9.17) is 4.99 Å². The van der Waals surface area contributed by atoms with Crippen LogP contribution in [0.25, 0.3) is 0 Å². The molecule has 0 amide bonds. The molecule has 4 aliphatic carbocycles. The first-order chi connectivity index (χ1) is 9.22. The summed E-state index contributed by atoms with van der Waals surface area (Å²) in [5.74, 6) is 1.90. The van der Waals surface area contributed by atoms with E-state index in [-0.39, 0.29) is 5.60 Å². The second kappa shape index (κ2) is 4.17. The molecule has 0 aromatic heterocycles. The van der Waals surface area contributed by atoms with E-state index in [0.29, 0.717) is 11.8 Å². The molecule has 1 aromatic carbocycles. The predicted octanol–water partition coefficient (Wildman–Crippen LogP) is 3.20. The van der Waals surface area contributed by atoms with Gasteiger partial charge in [0, 0.05) is 17.5 Å². The number of nitrogens with zero attached hydrogens (tertiary/aromatic N) is 1. The first-order valence-corrected chi connectivity index (χ1v) is 7.52. The molecule has 2 heteroatoms. The van der Waals surface area contributed by atoms with Gasteiger partial charge in [0.25, 0.3) is 0 Å². The first-order valence-electron chi connectivity index (χ1n) is 7.52. The van der Waals surface area contributed by atoms with E-state index in [1.165, 1.54) is 24.1 Å². The monoisotopic (exact) mass is 255 g/mol. The van der Waals surface area contributed by atoms with E-state index in [1.807, 2.05) is 0 Å². The van der Waals surface area contributed by atoms with Gasteiger partial charge in [-0.1, -0.05) is 30.3 Å². The fourth-order valence-corrected chi connectivity index (χ4v) is 4.75. The number of hydrogen-bond acceptors (Lipinski definition) is 2. The lowest BCUT2D eigenvalue weighted by atomic mass is 9.53. The van der Waals surface area contributed by atoms with Crippen LogP contribution < -0.4 is 0 Å². The van der Waals surface area contributed by atoms with Crippen molar-refractivity contribution < 1.29 is 5.11 Å². The average molecular weight is 255 g/mol. The van der Waals surface area contributed by atoms with Crippen molar-refractivity contribution in [1.29, 1.82) is 0 Å². The second-order valence-corrected chi connectivity index (χ2v) is 6.79. The fraction of sp³-hybridized carbons (Fsp3) is 0.588. The second-order valence-electron chi connectivity index (χ2n) is 6.79. The van der Waals surface area contributed by atoms with Gasteiger partial charge in [0.1, 0.15) is 0 Å². The molecule has 5 rings (SSSR count). The Bertz CT molecular complexity index is 489. The highest BCUT2D eigenvalue weighted by atomic mass is 16.3. The molecule has 4 fully saturated rings. The quantitative estimate of drug-likeness (QED) is 0.865. The molecular weight excluding hydrogens is 234 g/mol. The SMILES string of the molecule is OC12CC3CC(C1)C(=NCc1ccccc1)[C@@H](C3)C2. The molecule has 4 atom stereocenters. The van der Waals surface area contributed by atoms with Crippen molar-refractivity contribution in [1.82, 2.24) is 0 Å². The lowest BCUT2D eigenvalue weighted by Crippen LogP contribution is -2.55. The molecule has 0 radical (unpaired) electrons. The van der Waals surface area contributed by atoms with E-state index in [9.17, 15) is 5.11 Å². The molecule has 0 spiro atoms. The van der Waals surface area contributed by atoms with Crippen LogP contribution in [0.3, 0.4) is 0 Å². The van der Waals surface area contributed by atoms with Gasteiger partial charge in [0.15, 0.2) is 0 Å². The maximum atomic E-state index is 10.6. The van der Waals surface area contributed by atoms with Crippen LogP contribution >= 0.6 is 0 Å². The van der Waals surface area contributed by atoms with E-state index >= 15 is 0 Å². The Labute approximate surface area is 114 Å². The molecule has 1 aromatic rings. The van der Waals surface area contributed by atoms with Crippen LogP contribution in [0.15, 0.2) is 35.3 Å². The Balaban J connectivity index is 1.56. The zero-order valence-electron chi connectivity index (χ0n) is 11.3. The number of aliphatic imine (C=N–C) groups is 1. The summed E-state index contributed by atoms with van der Waals surface area (Å²) in [5.41, 5.74) is 2.37. The third-order valence-electron chi connectivity index (χ3n) is 5.28. The topological polar surface area (TPSA) is 32.6 Å². The van der Waals surface area contributed by atoms with Gasteiger partial charge in [-0.3, -0.25) is 4.99 Å². The lowest BCUT2D eigenvalue weighted by Gasteiger charge is -2.54. The highest BCUT2D eigenvalue weighted by molar-refractivity contribution is 5.91. The van der Waals surface area contributed by atoms with Gasteiger partial charge in [-0.2, -0.15) is 0 Å². The molecule has 4 bridgehead atoms. The van der Waals surface area contributed by atoms with Crippen LogP contribution in [0.4, 0.5) is 0 Å². The van der Waals surface area contributed by atoms with E-state index < -0.39 is 0 Å². The first kappa shape index (κ1) is 11.7. The normalized spacial score (nSPS) is 41.9. The maximum Gasteiger partial charge on any atom is 0.0663 e. The van der Waals surface area contributed by atoms with Crippen molar-refractivity contribution in [3.8, 4) is 0 Å². The van der Waals surface area contributed by atoms with Crippen molar-refractivity contribution in [2.45, 2.75) is 44.2 Å². The number of benzene rings is 1.